The molecule has 306 valence electrons. The molecule has 0 aromatic heterocycles. The standard InChI is InChI=1S/C51H82N2.Ni/c1-4-7-10-11-12-13-14-15-16-17-18-19-20-21-22-23-24-25-26-27-28-29-30-32-35-45-39-41-47(42-40-45)50-44-49(37-31-8-5-2)51(53(50)52)48-38-33-36-46(43-48)34-9-6-3;/h33,36,38-44H,4-32,34-35,37H2,1-3H3;. The number of unbranched alkanes of at least 4 members (excludes halogenated alkanes) is 26. The van der Waals surface area contributed by atoms with Gasteiger partial charge in [0.05, 0.1) is 0 Å². The summed E-state index contributed by atoms with van der Waals surface area (Å²) in [6.45, 7) is 6.81. The molecule has 54 heavy (non-hydrogen) atoms. The summed E-state index contributed by atoms with van der Waals surface area (Å²) in [4.78, 5) is 0. The molecule has 0 fully saturated rings. The Hall–Kier alpha value is -1.99. The number of hydrogen-bond acceptors (Lipinski definition) is 0. The number of allylic oxidation sites excluding steroid dienone is 2. The Morgan fingerprint density at radius 3 is 1.30 bits per heavy atom. The quantitative estimate of drug-likeness (QED) is 0.0384. The molecule has 0 atom stereocenters. The van der Waals surface area contributed by atoms with Crippen LogP contribution in [0.2, 0.25) is 0 Å². The second-order valence-electron chi connectivity index (χ2n) is 16.6. The van der Waals surface area contributed by atoms with Crippen molar-refractivity contribution in [2.24, 2.45) is 0 Å². The van der Waals surface area contributed by atoms with Gasteiger partial charge in [-0.25, -0.2) is 4.70 Å². The average molecular weight is 782 g/mol. The van der Waals surface area contributed by atoms with E-state index in [4.69, 9.17) is 0 Å². The Bertz CT molecular complexity index is 1290. The van der Waals surface area contributed by atoms with E-state index in [-0.39, 0.29) is 16.5 Å². The molecular weight excluding hydrogens is 699 g/mol. The first-order valence-corrected chi connectivity index (χ1v) is 23.3. The van der Waals surface area contributed by atoms with Crippen molar-refractivity contribution in [3.8, 4) is 0 Å². The van der Waals surface area contributed by atoms with Crippen LogP contribution in [0.3, 0.4) is 0 Å². The van der Waals surface area contributed by atoms with Crippen molar-refractivity contribution >= 4 is 11.4 Å². The third-order valence-electron chi connectivity index (χ3n) is 11.7. The molecule has 0 saturated heterocycles. The van der Waals surface area contributed by atoms with Gasteiger partial charge in [0.1, 0.15) is 0 Å². The van der Waals surface area contributed by atoms with Crippen LogP contribution in [-0.2, 0) is 29.3 Å². The molecule has 0 amide bonds. The van der Waals surface area contributed by atoms with E-state index in [2.05, 4.69) is 75.4 Å². The van der Waals surface area contributed by atoms with Crippen molar-refractivity contribution in [3.63, 3.8) is 0 Å². The van der Waals surface area contributed by atoms with Crippen LogP contribution in [-0.4, -0.2) is 4.70 Å². The predicted molar refractivity (Wildman–Crippen MR) is 234 cm³/mol. The number of hydrogen-bond donors (Lipinski definition) is 0. The van der Waals surface area contributed by atoms with E-state index in [0.29, 0.717) is 0 Å². The van der Waals surface area contributed by atoms with Crippen molar-refractivity contribution in [2.45, 2.75) is 226 Å². The number of benzene rings is 2. The first-order chi connectivity index (χ1) is 26.2. The summed E-state index contributed by atoms with van der Waals surface area (Å²) in [7, 11) is 0. The zero-order chi connectivity index (χ0) is 37.6. The first kappa shape index (κ1) is 48.2. The minimum atomic E-state index is 0. The molecule has 2 aromatic carbocycles. The van der Waals surface area contributed by atoms with Crippen molar-refractivity contribution in [1.29, 1.82) is 0 Å². The maximum absolute atomic E-state index is 11.5. The molecule has 0 spiro atoms. The van der Waals surface area contributed by atoms with E-state index in [1.165, 1.54) is 201 Å². The molecule has 0 saturated carbocycles. The fourth-order valence-corrected chi connectivity index (χ4v) is 8.21. The normalized spacial score (nSPS) is 12.8. The second-order valence-corrected chi connectivity index (χ2v) is 16.6. The monoisotopic (exact) mass is 781 g/mol. The smallest absolute Gasteiger partial charge is 0.210 e. The van der Waals surface area contributed by atoms with Gasteiger partial charge in [-0.15, -0.1) is 0 Å². The molecule has 1 aliphatic rings. The number of aryl methyl sites for hydroxylation is 2. The second kappa shape index (κ2) is 32.1. The van der Waals surface area contributed by atoms with Gasteiger partial charge in [0.2, 0.25) is 11.4 Å². The molecule has 3 rings (SSSR count). The molecule has 0 radical (unpaired) electrons. The van der Waals surface area contributed by atoms with Crippen molar-refractivity contribution < 1.29 is 21.2 Å². The topological polar surface area (TPSA) is 25.3 Å². The van der Waals surface area contributed by atoms with Gasteiger partial charge in [0, 0.05) is 39.3 Å². The zero-order valence-electron chi connectivity index (χ0n) is 35.5. The molecule has 2 nitrogen and oxygen atoms in total. The van der Waals surface area contributed by atoms with Crippen LogP contribution >= 0.6 is 0 Å². The van der Waals surface area contributed by atoms with E-state index in [1.54, 1.807) is 0 Å². The molecule has 0 N–H and O–H groups in total. The molecule has 2 aromatic rings. The van der Waals surface area contributed by atoms with E-state index in [9.17, 15) is 5.53 Å². The van der Waals surface area contributed by atoms with Crippen LogP contribution in [0, 0.1) is 0 Å². The molecule has 0 aliphatic carbocycles. The fourth-order valence-electron chi connectivity index (χ4n) is 8.21. The third kappa shape index (κ3) is 20.3. The van der Waals surface area contributed by atoms with Crippen LogP contribution in [0.25, 0.3) is 16.9 Å². The van der Waals surface area contributed by atoms with E-state index < -0.39 is 0 Å². The van der Waals surface area contributed by atoms with Gasteiger partial charge in [0.15, 0.2) is 0 Å². The molecule has 0 unspecified atom stereocenters. The van der Waals surface area contributed by atoms with Crippen LogP contribution in [0.4, 0.5) is 0 Å². The molecule has 1 aliphatic heterocycles. The summed E-state index contributed by atoms with van der Waals surface area (Å²) in [6.07, 6.45) is 45.9. The van der Waals surface area contributed by atoms with Crippen LogP contribution in [0.1, 0.15) is 236 Å². The Kier molecular flexibility index (Phi) is 28.7. The molecule has 3 heteroatoms. The van der Waals surface area contributed by atoms with Gasteiger partial charge in [-0.05, 0) is 73.9 Å². The molecule has 0 bridgehead atoms. The Morgan fingerprint density at radius 2 is 0.815 bits per heavy atom. The number of rotatable bonds is 34. The van der Waals surface area contributed by atoms with Crippen molar-refractivity contribution in [3.05, 3.63) is 88.0 Å². The summed E-state index contributed by atoms with van der Waals surface area (Å²) in [5.41, 5.74) is 19.7. The zero-order valence-corrected chi connectivity index (χ0v) is 36.5. The SMILES string of the molecule is CCCCCCCCCCCCCCCCCCCCCCCCCCc1ccc(C2=CC(CCCCC)=C(c3cccc(CCCC)c3)[N+]2=[N-])cc1.[Ni]. The largest absolute Gasteiger partial charge is 0.493 e. The van der Waals surface area contributed by atoms with Crippen molar-refractivity contribution in [2.75, 3.05) is 0 Å². The van der Waals surface area contributed by atoms with E-state index in [1.807, 2.05) is 0 Å². The van der Waals surface area contributed by atoms with Gasteiger partial charge in [-0.3, -0.25) is 0 Å². The Balaban J connectivity index is 0.0000101. The summed E-state index contributed by atoms with van der Waals surface area (Å²) < 4.78 is 1.47. The first-order valence-electron chi connectivity index (χ1n) is 23.3. The number of nitrogens with zero attached hydrogens (tertiary/aromatic N) is 2. The van der Waals surface area contributed by atoms with Gasteiger partial charge in [-0.1, -0.05) is 212 Å². The third-order valence-corrected chi connectivity index (χ3v) is 11.7. The predicted octanol–water partition coefficient (Wildman–Crippen LogP) is 17.3. The average Bonchev–Trinajstić information content (AvgIpc) is 3.51. The molecule has 1 heterocycles. The van der Waals surface area contributed by atoms with Gasteiger partial charge >= 0.3 is 0 Å². The summed E-state index contributed by atoms with van der Waals surface area (Å²) in [6, 6.07) is 17.8. The van der Waals surface area contributed by atoms with Crippen LogP contribution in [0.5, 0.6) is 0 Å². The summed E-state index contributed by atoms with van der Waals surface area (Å²) in [5, 5.41) is 0. The minimum absolute atomic E-state index is 0. The summed E-state index contributed by atoms with van der Waals surface area (Å²) in [5.74, 6) is 0. The molecular formula is C51H82N2Ni. The maximum Gasteiger partial charge on any atom is 0.210 e. The maximum atomic E-state index is 11.5. The summed E-state index contributed by atoms with van der Waals surface area (Å²) >= 11 is 0. The van der Waals surface area contributed by atoms with Gasteiger partial charge in [-0.2, -0.15) is 0 Å². The van der Waals surface area contributed by atoms with Crippen LogP contribution < -0.4 is 0 Å². The van der Waals surface area contributed by atoms with Crippen LogP contribution in [0.15, 0.2) is 60.2 Å². The Morgan fingerprint density at radius 1 is 0.407 bits per heavy atom. The minimum Gasteiger partial charge on any atom is -0.493 e. The Labute approximate surface area is 345 Å². The fraction of sp³-hybridized carbons (Fsp3) is 0.686. The van der Waals surface area contributed by atoms with E-state index >= 15 is 0 Å². The van der Waals surface area contributed by atoms with Crippen molar-refractivity contribution in [1.82, 2.24) is 0 Å². The van der Waals surface area contributed by atoms with Gasteiger partial charge in [0.25, 0.3) is 0 Å². The van der Waals surface area contributed by atoms with E-state index in [0.717, 1.165) is 48.2 Å². The van der Waals surface area contributed by atoms with Gasteiger partial charge < -0.3 is 5.53 Å².